The first-order valence-electron chi connectivity index (χ1n) is 10.6. The lowest BCUT2D eigenvalue weighted by molar-refractivity contribution is -0.129. The normalized spacial score (nSPS) is 14.4. The fourth-order valence-electron chi connectivity index (χ4n) is 3.83. The van der Waals surface area contributed by atoms with Crippen molar-refractivity contribution in [2.45, 2.75) is 31.2 Å². The number of carbonyl (C=O) groups is 2. The van der Waals surface area contributed by atoms with E-state index in [1.54, 1.807) is 44.2 Å². The quantitative estimate of drug-likeness (QED) is 0.518. The van der Waals surface area contributed by atoms with Crippen LogP contribution in [0.1, 0.15) is 35.3 Å². The van der Waals surface area contributed by atoms with Crippen LogP contribution in [-0.2, 0) is 21.2 Å². The fourth-order valence-corrected chi connectivity index (χ4v) is 5.09. The number of halogens is 1. The SMILES string of the molecule is CC(C)N1CC(C(=O)c2cn(S(=O)(=O)c3ccccc3)cc2Cc2ccc(F)cc2)=C(O)C1=O. The van der Waals surface area contributed by atoms with Crippen molar-refractivity contribution in [3.8, 4) is 0 Å². The molecule has 1 N–H and O–H groups in total. The van der Waals surface area contributed by atoms with Gasteiger partial charge in [-0.2, -0.15) is 0 Å². The predicted octanol–water partition coefficient (Wildman–Crippen LogP) is 3.70. The Morgan fingerprint density at radius 2 is 1.71 bits per heavy atom. The van der Waals surface area contributed by atoms with E-state index in [0.29, 0.717) is 11.1 Å². The summed E-state index contributed by atoms with van der Waals surface area (Å²) in [5, 5.41) is 10.4. The molecule has 0 unspecified atom stereocenters. The first-order valence-corrected chi connectivity index (χ1v) is 12.1. The molecule has 1 aliphatic heterocycles. The molecular formula is C25H23FN2O5S. The Hall–Kier alpha value is -3.72. The molecule has 7 nitrogen and oxygen atoms in total. The van der Waals surface area contributed by atoms with E-state index in [4.69, 9.17) is 0 Å². The number of rotatable bonds is 7. The number of benzene rings is 2. The number of amides is 1. The highest BCUT2D eigenvalue weighted by Gasteiger charge is 2.36. The molecule has 0 saturated heterocycles. The van der Waals surface area contributed by atoms with Crippen molar-refractivity contribution >= 4 is 21.7 Å². The van der Waals surface area contributed by atoms with Gasteiger partial charge in [0.15, 0.2) is 11.5 Å². The van der Waals surface area contributed by atoms with E-state index >= 15 is 0 Å². The number of carbonyl (C=O) groups excluding carboxylic acids is 2. The van der Waals surface area contributed by atoms with E-state index in [2.05, 4.69) is 0 Å². The van der Waals surface area contributed by atoms with E-state index in [1.807, 2.05) is 0 Å². The van der Waals surface area contributed by atoms with Gasteiger partial charge in [0, 0.05) is 24.0 Å². The molecule has 0 saturated carbocycles. The molecule has 0 spiro atoms. The molecule has 0 bridgehead atoms. The third kappa shape index (κ3) is 4.26. The molecule has 9 heteroatoms. The van der Waals surface area contributed by atoms with Crippen molar-refractivity contribution in [1.82, 2.24) is 8.87 Å². The standard InChI is InChI=1S/C25H23FN2O5S/c1-16(2)28-15-22(24(30)25(28)31)23(29)21-14-27(34(32,33)20-6-4-3-5-7-20)13-18(21)12-17-8-10-19(26)11-9-17/h3-11,13-14,16,30H,12,15H2,1-2H3. The highest BCUT2D eigenvalue weighted by molar-refractivity contribution is 7.90. The van der Waals surface area contributed by atoms with Gasteiger partial charge < -0.3 is 10.0 Å². The van der Waals surface area contributed by atoms with Crippen LogP contribution in [0.15, 0.2) is 83.2 Å². The molecule has 0 fully saturated rings. The number of nitrogens with zero attached hydrogens (tertiary/aromatic N) is 2. The summed E-state index contributed by atoms with van der Waals surface area (Å²) in [6, 6.07) is 13.2. The van der Waals surface area contributed by atoms with Gasteiger partial charge in [-0.15, -0.1) is 0 Å². The van der Waals surface area contributed by atoms with Crippen molar-refractivity contribution in [2.75, 3.05) is 6.54 Å². The van der Waals surface area contributed by atoms with Crippen LogP contribution < -0.4 is 0 Å². The van der Waals surface area contributed by atoms with Gasteiger partial charge in [0.05, 0.1) is 17.0 Å². The van der Waals surface area contributed by atoms with Crippen molar-refractivity contribution in [1.29, 1.82) is 0 Å². The molecule has 0 aliphatic carbocycles. The number of aromatic nitrogens is 1. The Morgan fingerprint density at radius 3 is 2.29 bits per heavy atom. The lowest BCUT2D eigenvalue weighted by atomic mass is 9.98. The van der Waals surface area contributed by atoms with E-state index < -0.39 is 33.3 Å². The third-order valence-corrected chi connectivity index (χ3v) is 7.37. The molecule has 2 heterocycles. The highest BCUT2D eigenvalue weighted by atomic mass is 32.2. The van der Waals surface area contributed by atoms with Crippen LogP contribution >= 0.6 is 0 Å². The molecule has 0 radical (unpaired) electrons. The fraction of sp³-hybridized carbons (Fsp3) is 0.200. The topological polar surface area (TPSA) is 96.7 Å². The second-order valence-electron chi connectivity index (χ2n) is 8.33. The number of ketones is 1. The summed E-state index contributed by atoms with van der Waals surface area (Å²) in [4.78, 5) is 27.2. The lowest BCUT2D eigenvalue weighted by Crippen LogP contribution is -2.34. The molecule has 1 aliphatic rings. The minimum absolute atomic E-state index is 0.0430. The maximum atomic E-state index is 13.4. The Morgan fingerprint density at radius 1 is 1.06 bits per heavy atom. The summed E-state index contributed by atoms with van der Waals surface area (Å²) >= 11 is 0. The largest absolute Gasteiger partial charge is 0.503 e. The van der Waals surface area contributed by atoms with Crippen LogP contribution in [0.3, 0.4) is 0 Å². The van der Waals surface area contributed by atoms with Crippen LogP contribution in [0, 0.1) is 5.82 Å². The number of hydrogen-bond acceptors (Lipinski definition) is 5. The maximum absolute atomic E-state index is 13.4. The maximum Gasteiger partial charge on any atom is 0.289 e. The van der Waals surface area contributed by atoms with Crippen molar-refractivity contribution in [2.24, 2.45) is 0 Å². The Labute approximate surface area is 196 Å². The van der Waals surface area contributed by atoms with Gasteiger partial charge in [-0.05, 0) is 55.7 Å². The number of Topliss-reactive ketones (excluding diaryl/α,β-unsaturated/α-hetero) is 1. The minimum atomic E-state index is -4.00. The van der Waals surface area contributed by atoms with E-state index in [-0.39, 0.29) is 35.0 Å². The van der Waals surface area contributed by atoms with E-state index in [1.165, 1.54) is 41.6 Å². The monoisotopic (exact) mass is 482 g/mol. The third-order valence-electron chi connectivity index (χ3n) is 5.73. The molecule has 176 valence electrons. The zero-order valence-corrected chi connectivity index (χ0v) is 19.4. The summed E-state index contributed by atoms with van der Waals surface area (Å²) in [5.41, 5.74) is 0.986. The summed E-state index contributed by atoms with van der Waals surface area (Å²) in [7, 11) is -4.00. The molecule has 1 aromatic heterocycles. The van der Waals surface area contributed by atoms with Gasteiger partial charge >= 0.3 is 0 Å². The Balaban J connectivity index is 1.80. The first kappa shape index (κ1) is 23.4. The van der Waals surface area contributed by atoms with Gasteiger partial charge in [-0.1, -0.05) is 30.3 Å². The molecule has 1 amide bonds. The van der Waals surface area contributed by atoms with E-state index in [9.17, 15) is 27.5 Å². The van der Waals surface area contributed by atoms with Gasteiger partial charge in [0.25, 0.3) is 15.9 Å². The summed E-state index contributed by atoms with van der Waals surface area (Å²) in [6.07, 6.45) is 2.69. The van der Waals surface area contributed by atoms with Gasteiger partial charge in [0.2, 0.25) is 0 Å². The van der Waals surface area contributed by atoms with Crippen molar-refractivity contribution < 1.29 is 27.5 Å². The van der Waals surface area contributed by atoms with Crippen molar-refractivity contribution in [3.63, 3.8) is 0 Å². The number of hydrogen-bond donors (Lipinski definition) is 1. The average Bonchev–Trinajstić information content (AvgIpc) is 3.37. The smallest absolute Gasteiger partial charge is 0.289 e. The molecular weight excluding hydrogens is 459 g/mol. The number of aliphatic hydroxyl groups is 1. The lowest BCUT2D eigenvalue weighted by Gasteiger charge is -2.20. The summed E-state index contributed by atoms with van der Waals surface area (Å²) in [6.45, 7) is 3.46. The Kier molecular flexibility index (Phi) is 6.14. The van der Waals surface area contributed by atoms with Crippen LogP contribution in [0.5, 0.6) is 0 Å². The summed E-state index contributed by atoms with van der Waals surface area (Å²) < 4.78 is 40.7. The highest BCUT2D eigenvalue weighted by Crippen LogP contribution is 2.27. The number of aliphatic hydroxyl groups excluding tert-OH is 1. The van der Waals surface area contributed by atoms with Gasteiger partial charge in [-0.25, -0.2) is 16.8 Å². The van der Waals surface area contributed by atoms with Gasteiger partial charge in [-0.3, -0.25) is 9.59 Å². The first-order chi connectivity index (χ1) is 16.1. The van der Waals surface area contributed by atoms with E-state index in [0.717, 1.165) is 3.97 Å². The minimum Gasteiger partial charge on any atom is -0.503 e. The second kappa shape index (κ2) is 8.90. The van der Waals surface area contributed by atoms with Crippen LogP contribution in [0.4, 0.5) is 4.39 Å². The summed E-state index contributed by atoms with van der Waals surface area (Å²) in [5.74, 6) is -2.33. The van der Waals surface area contributed by atoms with Crippen molar-refractivity contribution in [3.05, 3.63) is 101 Å². The molecule has 3 aromatic rings. The average molecular weight is 483 g/mol. The van der Waals surface area contributed by atoms with Crippen LogP contribution in [-0.4, -0.2) is 46.7 Å². The molecule has 4 rings (SSSR count). The van der Waals surface area contributed by atoms with Crippen LogP contribution in [0.2, 0.25) is 0 Å². The van der Waals surface area contributed by atoms with Gasteiger partial charge in [0.1, 0.15) is 5.82 Å². The Bertz CT molecular complexity index is 1390. The predicted molar refractivity (Wildman–Crippen MR) is 123 cm³/mol. The second-order valence-corrected chi connectivity index (χ2v) is 10.2. The van der Waals surface area contributed by atoms with Crippen LogP contribution in [0.25, 0.3) is 0 Å². The zero-order valence-electron chi connectivity index (χ0n) is 18.6. The molecule has 2 aromatic carbocycles. The molecule has 34 heavy (non-hydrogen) atoms. The zero-order chi connectivity index (χ0) is 24.6. The molecule has 0 atom stereocenters.